The molecule has 3 N–H and O–H groups in total. The van der Waals surface area contributed by atoms with Gasteiger partial charge in [0.15, 0.2) is 5.82 Å². The van der Waals surface area contributed by atoms with Gasteiger partial charge >= 0.3 is 0 Å². The third kappa shape index (κ3) is 2.71. The lowest BCUT2D eigenvalue weighted by Gasteiger charge is -2.10. The van der Waals surface area contributed by atoms with Gasteiger partial charge < -0.3 is 11.1 Å². The molecule has 0 aliphatic heterocycles. The molecule has 0 atom stereocenters. The number of halogens is 4. The maximum atomic E-state index is 13.5. The van der Waals surface area contributed by atoms with Crippen LogP contribution in [-0.2, 0) is 0 Å². The van der Waals surface area contributed by atoms with E-state index in [4.69, 9.17) is 5.73 Å². The molecule has 0 saturated carbocycles. The second kappa shape index (κ2) is 5.20. The predicted octanol–water partition coefficient (Wildman–Crippen LogP) is 3.08. The summed E-state index contributed by atoms with van der Waals surface area (Å²) >= 11 is 0. The Morgan fingerprint density at radius 1 is 0.950 bits per heavy atom. The molecule has 0 unspecified atom stereocenters. The molecular formula is C13H8F4N2O. The number of nitrogens with two attached hydrogens (primary N) is 1. The van der Waals surface area contributed by atoms with E-state index in [-0.39, 0.29) is 5.69 Å². The third-order valence-electron chi connectivity index (χ3n) is 2.50. The normalized spacial score (nSPS) is 10.4. The number of benzene rings is 2. The first-order valence-corrected chi connectivity index (χ1v) is 5.39. The van der Waals surface area contributed by atoms with E-state index in [1.54, 1.807) is 0 Å². The van der Waals surface area contributed by atoms with E-state index in [9.17, 15) is 22.4 Å². The van der Waals surface area contributed by atoms with E-state index in [1.807, 2.05) is 5.32 Å². The van der Waals surface area contributed by atoms with E-state index < -0.39 is 40.4 Å². The van der Waals surface area contributed by atoms with Crippen molar-refractivity contribution in [1.29, 1.82) is 0 Å². The van der Waals surface area contributed by atoms with Gasteiger partial charge in [-0.3, -0.25) is 4.79 Å². The highest BCUT2D eigenvalue weighted by Gasteiger charge is 2.16. The van der Waals surface area contributed by atoms with Gasteiger partial charge in [-0.25, -0.2) is 17.6 Å². The minimum absolute atomic E-state index is 0.349. The fourth-order valence-corrected chi connectivity index (χ4v) is 1.58. The minimum atomic E-state index is -1.11. The number of carbonyl (C=O) groups is 1. The van der Waals surface area contributed by atoms with Crippen LogP contribution in [0.5, 0.6) is 0 Å². The van der Waals surface area contributed by atoms with Gasteiger partial charge in [0, 0.05) is 12.1 Å². The number of carbonyl (C=O) groups excluding carboxylic acids is 1. The Morgan fingerprint density at radius 3 is 2.20 bits per heavy atom. The summed E-state index contributed by atoms with van der Waals surface area (Å²) in [6.45, 7) is 0. The molecule has 1 amide bonds. The number of anilines is 2. The lowest BCUT2D eigenvalue weighted by atomic mass is 10.1. The van der Waals surface area contributed by atoms with E-state index in [0.29, 0.717) is 12.1 Å². The number of rotatable bonds is 2. The van der Waals surface area contributed by atoms with Crippen LogP contribution < -0.4 is 11.1 Å². The van der Waals surface area contributed by atoms with E-state index in [2.05, 4.69) is 0 Å². The van der Waals surface area contributed by atoms with Crippen LogP contribution in [0.15, 0.2) is 30.3 Å². The molecule has 0 spiro atoms. The number of nitrogen functional groups attached to an aromatic ring is 1. The van der Waals surface area contributed by atoms with Crippen LogP contribution in [0.3, 0.4) is 0 Å². The molecule has 104 valence electrons. The van der Waals surface area contributed by atoms with Crippen LogP contribution in [0.25, 0.3) is 0 Å². The monoisotopic (exact) mass is 284 g/mol. The molecule has 0 fully saturated rings. The molecule has 2 aromatic carbocycles. The average molecular weight is 284 g/mol. The van der Waals surface area contributed by atoms with Crippen molar-refractivity contribution in [2.75, 3.05) is 11.1 Å². The maximum Gasteiger partial charge on any atom is 0.258 e. The van der Waals surface area contributed by atoms with Crippen LogP contribution in [0.1, 0.15) is 10.4 Å². The van der Waals surface area contributed by atoms with Crippen molar-refractivity contribution in [3.05, 3.63) is 59.2 Å². The van der Waals surface area contributed by atoms with Crippen molar-refractivity contribution in [1.82, 2.24) is 0 Å². The lowest BCUT2D eigenvalue weighted by Crippen LogP contribution is -2.16. The van der Waals surface area contributed by atoms with Crippen LogP contribution in [-0.4, -0.2) is 5.91 Å². The largest absolute Gasteiger partial charge is 0.397 e. The summed E-state index contributed by atoms with van der Waals surface area (Å²) in [6.07, 6.45) is 0. The molecule has 3 nitrogen and oxygen atoms in total. The molecule has 0 radical (unpaired) electrons. The summed E-state index contributed by atoms with van der Waals surface area (Å²) in [5, 5.41) is 2.01. The first-order chi connectivity index (χ1) is 9.38. The van der Waals surface area contributed by atoms with E-state index >= 15 is 0 Å². The van der Waals surface area contributed by atoms with Crippen molar-refractivity contribution in [2.45, 2.75) is 0 Å². The summed E-state index contributed by atoms with van der Waals surface area (Å²) in [4.78, 5) is 11.7. The summed E-state index contributed by atoms with van der Waals surface area (Å²) in [5.41, 5.74) is 4.05. The summed E-state index contributed by atoms with van der Waals surface area (Å²) in [6, 6.07) is 3.62. The van der Waals surface area contributed by atoms with Crippen LogP contribution in [0.2, 0.25) is 0 Å². The standard InChI is InChI=1S/C13H8F4N2O/c14-6-1-2-8(9(16)3-6)13(20)19-12-10(17)4-7(15)5-11(12)18/h1-5H,18H2,(H,19,20). The van der Waals surface area contributed by atoms with Gasteiger partial charge in [0.05, 0.1) is 11.3 Å². The van der Waals surface area contributed by atoms with Crippen molar-refractivity contribution >= 4 is 17.3 Å². The quantitative estimate of drug-likeness (QED) is 0.657. The highest BCUT2D eigenvalue weighted by molar-refractivity contribution is 6.06. The van der Waals surface area contributed by atoms with Crippen molar-refractivity contribution in [3.63, 3.8) is 0 Å². The first kappa shape index (κ1) is 13.9. The SMILES string of the molecule is Nc1cc(F)cc(F)c1NC(=O)c1ccc(F)cc1F. The fraction of sp³-hybridized carbons (Fsp3) is 0. The smallest absolute Gasteiger partial charge is 0.258 e. The van der Waals surface area contributed by atoms with Crippen LogP contribution in [0.4, 0.5) is 28.9 Å². The van der Waals surface area contributed by atoms with Crippen LogP contribution >= 0.6 is 0 Å². The van der Waals surface area contributed by atoms with Crippen molar-refractivity contribution in [3.8, 4) is 0 Å². The summed E-state index contributed by atoms with van der Waals surface area (Å²) < 4.78 is 52.4. The second-order valence-corrected chi connectivity index (χ2v) is 3.93. The molecule has 7 heteroatoms. The third-order valence-corrected chi connectivity index (χ3v) is 2.50. The van der Waals surface area contributed by atoms with E-state index in [1.165, 1.54) is 0 Å². The molecular weight excluding hydrogens is 276 g/mol. The first-order valence-electron chi connectivity index (χ1n) is 5.39. The van der Waals surface area contributed by atoms with Gasteiger partial charge in [0.2, 0.25) is 0 Å². The molecule has 0 bridgehead atoms. The Balaban J connectivity index is 2.33. The summed E-state index contributed by atoms with van der Waals surface area (Å²) in [5.74, 6) is -5.00. The van der Waals surface area contributed by atoms with Gasteiger partial charge in [-0.1, -0.05) is 0 Å². The Hall–Kier alpha value is -2.57. The number of nitrogens with one attached hydrogen (secondary N) is 1. The Kier molecular flexibility index (Phi) is 3.60. The highest BCUT2D eigenvalue weighted by atomic mass is 19.1. The molecule has 0 aliphatic rings. The van der Waals surface area contributed by atoms with Crippen molar-refractivity contribution in [2.24, 2.45) is 0 Å². The fourth-order valence-electron chi connectivity index (χ4n) is 1.58. The Bertz CT molecular complexity index is 665. The molecule has 0 heterocycles. The molecule has 0 saturated heterocycles. The van der Waals surface area contributed by atoms with Crippen LogP contribution in [0, 0.1) is 23.3 Å². The summed E-state index contributed by atoms with van der Waals surface area (Å²) in [7, 11) is 0. The predicted molar refractivity (Wildman–Crippen MR) is 65.1 cm³/mol. The van der Waals surface area contributed by atoms with E-state index in [0.717, 1.165) is 18.2 Å². The highest BCUT2D eigenvalue weighted by Crippen LogP contribution is 2.24. The minimum Gasteiger partial charge on any atom is -0.397 e. The second-order valence-electron chi connectivity index (χ2n) is 3.93. The molecule has 2 rings (SSSR count). The van der Waals surface area contributed by atoms with Gasteiger partial charge in [-0.05, 0) is 18.2 Å². The topological polar surface area (TPSA) is 55.1 Å². The zero-order valence-electron chi connectivity index (χ0n) is 9.88. The van der Waals surface area contributed by atoms with Gasteiger partial charge in [-0.15, -0.1) is 0 Å². The van der Waals surface area contributed by atoms with Gasteiger partial charge in [-0.2, -0.15) is 0 Å². The zero-order valence-corrected chi connectivity index (χ0v) is 9.88. The molecule has 2 aromatic rings. The van der Waals surface area contributed by atoms with Crippen molar-refractivity contribution < 1.29 is 22.4 Å². The van der Waals surface area contributed by atoms with Gasteiger partial charge in [0.1, 0.15) is 23.1 Å². The maximum absolute atomic E-state index is 13.5. The molecule has 0 aromatic heterocycles. The number of amides is 1. The zero-order chi connectivity index (χ0) is 14.9. The lowest BCUT2D eigenvalue weighted by molar-refractivity contribution is 0.102. The number of hydrogen-bond acceptors (Lipinski definition) is 2. The molecule has 0 aliphatic carbocycles. The van der Waals surface area contributed by atoms with Gasteiger partial charge in [0.25, 0.3) is 5.91 Å². The Labute approximate surface area is 111 Å². The molecule has 20 heavy (non-hydrogen) atoms. The average Bonchev–Trinajstić information content (AvgIpc) is 2.33. The Morgan fingerprint density at radius 2 is 1.60 bits per heavy atom. The number of hydrogen-bond donors (Lipinski definition) is 2.